The first kappa shape index (κ1) is 18.6. The Morgan fingerprint density at radius 3 is 2.71 bits per heavy atom. The largest absolute Gasteiger partial charge is 0.497 e. The molecule has 1 amide bonds. The number of ether oxygens (including phenoxy) is 1. The predicted octanol–water partition coefficient (Wildman–Crippen LogP) is 3.33. The molecule has 6 heteroatoms. The average Bonchev–Trinajstić information content (AvgIpc) is 2.55. The van der Waals surface area contributed by atoms with Gasteiger partial charge < -0.3 is 15.2 Å². The molecule has 2 atom stereocenters. The first-order chi connectivity index (χ1) is 11.6. The molecule has 2 unspecified atom stereocenters. The Balaban J connectivity index is 1.89. The first-order valence-corrected chi connectivity index (χ1v) is 9.37. The first-order valence-electron chi connectivity index (χ1n) is 8.39. The molecule has 0 spiro atoms. The minimum absolute atomic E-state index is 0.111. The number of benzene rings is 1. The van der Waals surface area contributed by atoms with Crippen molar-refractivity contribution in [2.24, 2.45) is 5.92 Å². The summed E-state index contributed by atoms with van der Waals surface area (Å²) in [6, 6.07) is 7.29. The second-order valence-corrected chi connectivity index (χ2v) is 7.13. The van der Waals surface area contributed by atoms with Gasteiger partial charge in [0, 0.05) is 10.9 Å². The quantitative estimate of drug-likeness (QED) is 0.769. The third-order valence-electron chi connectivity index (χ3n) is 4.34. The van der Waals surface area contributed by atoms with Gasteiger partial charge in [-0.1, -0.05) is 31.7 Å². The summed E-state index contributed by atoms with van der Waals surface area (Å²) in [5.41, 5.74) is 0. The summed E-state index contributed by atoms with van der Waals surface area (Å²) >= 11 is 1.43. The Hall–Kier alpha value is -1.69. The molecule has 2 rings (SSSR count). The summed E-state index contributed by atoms with van der Waals surface area (Å²) in [6.07, 6.45) is 5.46. The number of nitrogens with one attached hydrogen (secondary N) is 1. The van der Waals surface area contributed by atoms with Crippen LogP contribution in [0.15, 0.2) is 29.2 Å². The number of rotatable bonds is 6. The highest BCUT2D eigenvalue weighted by Gasteiger charge is 2.29. The minimum Gasteiger partial charge on any atom is -0.497 e. The molecule has 1 aromatic carbocycles. The van der Waals surface area contributed by atoms with E-state index in [2.05, 4.69) is 5.32 Å². The van der Waals surface area contributed by atoms with Crippen molar-refractivity contribution in [2.75, 3.05) is 12.9 Å². The van der Waals surface area contributed by atoms with Crippen LogP contribution in [0.3, 0.4) is 0 Å². The van der Waals surface area contributed by atoms with Crippen molar-refractivity contribution in [3.05, 3.63) is 24.3 Å². The standard InChI is InChI=1S/C18H25NO4S/c1-23-13-7-6-8-14(11-13)24-12-17(20)19-16-10-5-3-2-4-9-15(16)18(21)22/h6-8,11,15-16H,2-5,9-10,12H2,1H3,(H,19,20)(H,21,22). The van der Waals surface area contributed by atoms with Crippen LogP contribution in [0.2, 0.25) is 0 Å². The van der Waals surface area contributed by atoms with E-state index in [9.17, 15) is 14.7 Å². The maximum Gasteiger partial charge on any atom is 0.308 e. The highest BCUT2D eigenvalue weighted by atomic mass is 32.2. The van der Waals surface area contributed by atoms with Gasteiger partial charge in [0.25, 0.3) is 0 Å². The van der Waals surface area contributed by atoms with E-state index in [4.69, 9.17) is 4.74 Å². The van der Waals surface area contributed by atoms with Gasteiger partial charge in [0.05, 0.1) is 18.8 Å². The van der Waals surface area contributed by atoms with Crippen molar-refractivity contribution < 1.29 is 19.4 Å². The number of carbonyl (C=O) groups is 2. The summed E-state index contributed by atoms with van der Waals surface area (Å²) in [4.78, 5) is 24.7. The van der Waals surface area contributed by atoms with E-state index in [1.807, 2.05) is 24.3 Å². The highest BCUT2D eigenvalue weighted by Crippen LogP contribution is 2.25. The zero-order valence-electron chi connectivity index (χ0n) is 14.0. The number of aliphatic carboxylic acids is 1. The molecule has 5 nitrogen and oxygen atoms in total. The maximum absolute atomic E-state index is 12.2. The van der Waals surface area contributed by atoms with E-state index >= 15 is 0 Å². The number of hydrogen-bond donors (Lipinski definition) is 2. The van der Waals surface area contributed by atoms with Crippen molar-refractivity contribution in [3.63, 3.8) is 0 Å². The highest BCUT2D eigenvalue weighted by molar-refractivity contribution is 8.00. The third-order valence-corrected chi connectivity index (χ3v) is 5.33. The molecule has 1 aromatic rings. The lowest BCUT2D eigenvalue weighted by atomic mass is 9.87. The van der Waals surface area contributed by atoms with Crippen LogP contribution in [-0.2, 0) is 9.59 Å². The van der Waals surface area contributed by atoms with E-state index in [0.29, 0.717) is 6.42 Å². The van der Waals surface area contributed by atoms with Gasteiger partial charge in [0.15, 0.2) is 0 Å². The third kappa shape index (κ3) is 5.74. The Kier molecular flexibility index (Phi) is 7.43. The van der Waals surface area contributed by atoms with E-state index in [0.717, 1.165) is 42.7 Å². The molecule has 1 aliphatic carbocycles. The fourth-order valence-electron chi connectivity index (χ4n) is 3.04. The van der Waals surface area contributed by atoms with Crippen LogP contribution in [0.5, 0.6) is 5.75 Å². The molecule has 0 bridgehead atoms. The number of methoxy groups -OCH3 is 1. The second kappa shape index (κ2) is 9.57. The monoisotopic (exact) mass is 351 g/mol. The van der Waals surface area contributed by atoms with E-state index in [1.165, 1.54) is 11.8 Å². The lowest BCUT2D eigenvalue weighted by molar-refractivity contribution is -0.143. The van der Waals surface area contributed by atoms with E-state index in [-0.39, 0.29) is 17.7 Å². The fraction of sp³-hybridized carbons (Fsp3) is 0.556. The van der Waals surface area contributed by atoms with Gasteiger partial charge in [-0.05, 0) is 31.0 Å². The van der Waals surface area contributed by atoms with Crippen LogP contribution in [0, 0.1) is 5.92 Å². The number of carboxylic acid groups (broad SMARTS) is 1. The lowest BCUT2D eigenvalue weighted by Crippen LogP contribution is -2.44. The van der Waals surface area contributed by atoms with Gasteiger partial charge in [0.2, 0.25) is 5.91 Å². The van der Waals surface area contributed by atoms with Gasteiger partial charge in [0.1, 0.15) is 5.75 Å². The van der Waals surface area contributed by atoms with Gasteiger partial charge in [-0.25, -0.2) is 0 Å². The molecule has 0 radical (unpaired) electrons. The zero-order valence-corrected chi connectivity index (χ0v) is 14.8. The SMILES string of the molecule is COc1cccc(SCC(=O)NC2CCCCCCC2C(=O)O)c1. The molecular formula is C18H25NO4S. The number of amides is 1. The Morgan fingerprint density at radius 2 is 2.00 bits per heavy atom. The van der Waals surface area contributed by atoms with E-state index in [1.54, 1.807) is 7.11 Å². The number of hydrogen-bond acceptors (Lipinski definition) is 4. The second-order valence-electron chi connectivity index (χ2n) is 6.08. The summed E-state index contributed by atoms with van der Waals surface area (Å²) in [7, 11) is 1.61. The van der Waals surface area contributed by atoms with Crippen LogP contribution < -0.4 is 10.1 Å². The van der Waals surface area contributed by atoms with Crippen LogP contribution in [0.25, 0.3) is 0 Å². The summed E-state index contributed by atoms with van der Waals surface area (Å²) in [5.74, 6) is -0.361. The normalized spacial score (nSPS) is 21.4. The van der Waals surface area contributed by atoms with Gasteiger partial charge in [-0.15, -0.1) is 11.8 Å². The number of carboxylic acids is 1. The van der Waals surface area contributed by atoms with Crippen molar-refractivity contribution in [3.8, 4) is 5.75 Å². The molecule has 24 heavy (non-hydrogen) atoms. The molecule has 0 heterocycles. The fourth-order valence-corrected chi connectivity index (χ4v) is 3.80. The molecule has 1 fully saturated rings. The minimum atomic E-state index is -0.803. The summed E-state index contributed by atoms with van der Waals surface area (Å²) < 4.78 is 5.17. The smallest absolute Gasteiger partial charge is 0.308 e. The number of carbonyl (C=O) groups excluding carboxylic acids is 1. The van der Waals surface area contributed by atoms with Crippen molar-refractivity contribution in [2.45, 2.75) is 49.5 Å². The lowest BCUT2D eigenvalue weighted by Gasteiger charge is -2.27. The maximum atomic E-state index is 12.2. The molecule has 0 saturated heterocycles. The van der Waals surface area contributed by atoms with Crippen molar-refractivity contribution in [1.82, 2.24) is 5.32 Å². The Bertz CT molecular complexity index is 564. The zero-order chi connectivity index (χ0) is 17.4. The van der Waals surface area contributed by atoms with Gasteiger partial charge >= 0.3 is 5.97 Å². The van der Waals surface area contributed by atoms with Crippen LogP contribution in [-0.4, -0.2) is 35.9 Å². The topological polar surface area (TPSA) is 75.6 Å². The van der Waals surface area contributed by atoms with Crippen molar-refractivity contribution in [1.29, 1.82) is 0 Å². The molecule has 0 aliphatic heterocycles. The molecule has 1 aliphatic rings. The van der Waals surface area contributed by atoms with Gasteiger partial charge in [-0.3, -0.25) is 9.59 Å². The van der Waals surface area contributed by atoms with Gasteiger partial charge in [-0.2, -0.15) is 0 Å². The van der Waals surface area contributed by atoms with Crippen molar-refractivity contribution >= 4 is 23.6 Å². The Labute approximate surface area is 147 Å². The molecule has 0 aromatic heterocycles. The predicted molar refractivity (Wildman–Crippen MR) is 94.5 cm³/mol. The van der Waals surface area contributed by atoms with Crippen LogP contribution in [0.1, 0.15) is 38.5 Å². The van der Waals surface area contributed by atoms with Crippen LogP contribution in [0.4, 0.5) is 0 Å². The molecule has 1 saturated carbocycles. The summed E-state index contributed by atoms with van der Waals surface area (Å²) in [6.45, 7) is 0. The number of thioether (sulfide) groups is 1. The van der Waals surface area contributed by atoms with E-state index < -0.39 is 11.9 Å². The summed E-state index contributed by atoms with van der Waals surface area (Å²) in [5, 5.41) is 12.4. The molecule has 132 valence electrons. The molecule has 2 N–H and O–H groups in total. The average molecular weight is 351 g/mol. The molecular weight excluding hydrogens is 326 g/mol. The Morgan fingerprint density at radius 1 is 1.25 bits per heavy atom. The van der Waals surface area contributed by atoms with Crippen LogP contribution >= 0.6 is 11.8 Å².